The predicted molar refractivity (Wildman–Crippen MR) is 102 cm³/mol. The van der Waals surface area contributed by atoms with E-state index in [1.165, 1.54) is 16.8 Å². The van der Waals surface area contributed by atoms with Gasteiger partial charge in [-0.1, -0.05) is 0 Å². The summed E-state index contributed by atoms with van der Waals surface area (Å²) in [4.78, 5) is 16.5. The van der Waals surface area contributed by atoms with Gasteiger partial charge in [-0.25, -0.2) is 31.5 Å². The van der Waals surface area contributed by atoms with Crippen molar-refractivity contribution in [2.75, 3.05) is 5.32 Å². The predicted octanol–water partition coefficient (Wildman–Crippen LogP) is 4.32. The first-order chi connectivity index (χ1) is 14.7. The Morgan fingerprint density at radius 3 is 2.32 bits per heavy atom. The number of hydrogen-bond acceptors (Lipinski definition) is 4. The number of amides is 1. The lowest BCUT2D eigenvalue weighted by atomic mass is 10.2. The zero-order valence-electron chi connectivity index (χ0n) is 15.4. The Labute approximate surface area is 178 Å². The maximum absolute atomic E-state index is 13.9. The monoisotopic (exact) mass is 500 g/mol. The number of fused-ring (bicyclic) bond motifs is 1. The summed E-state index contributed by atoms with van der Waals surface area (Å²) in [6.07, 6.45) is 3.18. The molecule has 0 bridgehead atoms. The highest BCUT2D eigenvalue weighted by Gasteiger charge is 2.28. The molecule has 1 N–H and O–H groups in total. The van der Waals surface area contributed by atoms with Gasteiger partial charge in [0, 0.05) is 25.0 Å². The van der Waals surface area contributed by atoms with Gasteiger partial charge in [-0.15, -0.1) is 0 Å². The van der Waals surface area contributed by atoms with Crippen LogP contribution in [0.5, 0.6) is 0 Å². The molecule has 13 heteroatoms. The van der Waals surface area contributed by atoms with Crippen molar-refractivity contribution in [3.8, 4) is 11.4 Å². The molecular weight excluding hydrogens is 491 g/mol. The van der Waals surface area contributed by atoms with E-state index in [9.17, 15) is 26.7 Å². The molecule has 0 spiro atoms. The standard InChI is InChI=1S/C18H10BrF5N6O/c1-2-29-6-7(19)16(28-29)9-3-4-25-10-5-8(27-30(9)10)18(31)26-17-14(23)12(21)11(20)13(22)15(17)24/h3-6H,2H2,1H3,(H,26,31). The van der Waals surface area contributed by atoms with E-state index in [2.05, 4.69) is 31.1 Å². The Balaban J connectivity index is 1.75. The molecule has 0 aliphatic carbocycles. The second kappa shape index (κ2) is 7.72. The van der Waals surface area contributed by atoms with Crippen LogP contribution in [0.25, 0.3) is 17.0 Å². The summed E-state index contributed by atoms with van der Waals surface area (Å²) in [5, 5.41) is 10.1. The average Bonchev–Trinajstić information content (AvgIpc) is 3.37. The first-order valence-corrected chi connectivity index (χ1v) is 9.43. The Morgan fingerprint density at radius 2 is 1.71 bits per heavy atom. The van der Waals surface area contributed by atoms with Crippen molar-refractivity contribution < 1.29 is 26.7 Å². The number of aryl methyl sites for hydroxylation is 1. The molecule has 0 fully saturated rings. The summed E-state index contributed by atoms with van der Waals surface area (Å²) in [5.41, 5.74) is -0.715. The van der Waals surface area contributed by atoms with Gasteiger partial charge in [0.1, 0.15) is 11.4 Å². The first-order valence-electron chi connectivity index (χ1n) is 8.63. The smallest absolute Gasteiger partial charge is 0.276 e. The van der Waals surface area contributed by atoms with Crippen molar-refractivity contribution in [1.29, 1.82) is 0 Å². The molecule has 3 aromatic heterocycles. The summed E-state index contributed by atoms with van der Waals surface area (Å²) < 4.78 is 71.2. The number of halogens is 6. The maximum atomic E-state index is 13.9. The van der Waals surface area contributed by atoms with Gasteiger partial charge < -0.3 is 5.32 Å². The van der Waals surface area contributed by atoms with E-state index in [-0.39, 0.29) is 11.3 Å². The zero-order chi connectivity index (χ0) is 22.4. The molecule has 4 aromatic rings. The van der Waals surface area contributed by atoms with Crippen molar-refractivity contribution in [3.63, 3.8) is 0 Å². The van der Waals surface area contributed by atoms with Gasteiger partial charge in [0.05, 0.1) is 10.2 Å². The fourth-order valence-electron chi connectivity index (χ4n) is 2.81. The number of nitrogens with zero attached hydrogens (tertiary/aromatic N) is 5. The molecule has 0 saturated heterocycles. The molecule has 3 heterocycles. The van der Waals surface area contributed by atoms with E-state index in [1.807, 2.05) is 6.92 Å². The second-order valence-corrected chi connectivity index (χ2v) is 7.06. The molecule has 0 aliphatic rings. The van der Waals surface area contributed by atoms with Gasteiger partial charge in [-0.05, 0) is 28.9 Å². The highest BCUT2D eigenvalue weighted by atomic mass is 79.9. The van der Waals surface area contributed by atoms with Crippen LogP contribution in [-0.4, -0.2) is 30.3 Å². The Kier molecular flexibility index (Phi) is 5.21. The second-order valence-electron chi connectivity index (χ2n) is 6.21. The number of carbonyl (C=O) groups excluding carboxylic acids is 1. The summed E-state index contributed by atoms with van der Waals surface area (Å²) in [7, 11) is 0. The lowest BCUT2D eigenvalue weighted by Crippen LogP contribution is -2.17. The number of anilines is 1. The molecule has 0 unspecified atom stereocenters. The lowest BCUT2D eigenvalue weighted by Gasteiger charge is -2.08. The van der Waals surface area contributed by atoms with E-state index < -0.39 is 40.7 Å². The van der Waals surface area contributed by atoms with Gasteiger partial charge in [-0.2, -0.15) is 10.2 Å². The number of carbonyl (C=O) groups is 1. The van der Waals surface area contributed by atoms with E-state index in [0.29, 0.717) is 22.4 Å². The quantitative estimate of drug-likeness (QED) is 0.257. The van der Waals surface area contributed by atoms with Crippen molar-refractivity contribution in [2.24, 2.45) is 0 Å². The normalized spacial score (nSPS) is 11.3. The number of rotatable bonds is 4. The highest BCUT2D eigenvalue weighted by Crippen LogP contribution is 2.29. The van der Waals surface area contributed by atoms with Crippen LogP contribution in [0.2, 0.25) is 0 Å². The minimum atomic E-state index is -2.33. The molecule has 0 saturated carbocycles. The van der Waals surface area contributed by atoms with Crippen LogP contribution in [0.1, 0.15) is 17.4 Å². The van der Waals surface area contributed by atoms with E-state index in [0.717, 1.165) is 0 Å². The molecule has 1 amide bonds. The first kappa shape index (κ1) is 20.9. The van der Waals surface area contributed by atoms with Gasteiger partial charge in [0.15, 0.2) is 34.6 Å². The van der Waals surface area contributed by atoms with Crippen LogP contribution in [0.15, 0.2) is 29.0 Å². The average molecular weight is 501 g/mol. The number of aromatic nitrogens is 5. The van der Waals surface area contributed by atoms with Gasteiger partial charge in [0.25, 0.3) is 5.91 Å². The summed E-state index contributed by atoms with van der Waals surface area (Å²) >= 11 is 3.39. The third-order valence-electron chi connectivity index (χ3n) is 4.32. The van der Waals surface area contributed by atoms with E-state index in [4.69, 9.17) is 0 Å². The van der Waals surface area contributed by atoms with Crippen LogP contribution in [-0.2, 0) is 6.54 Å². The Morgan fingerprint density at radius 1 is 1.06 bits per heavy atom. The molecule has 0 aliphatic heterocycles. The van der Waals surface area contributed by atoms with Crippen LogP contribution in [0.4, 0.5) is 27.6 Å². The molecule has 160 valence electrons. The minimum absolute atomic E-state index is 0.193. The third kappa shape index (κ3) is 3.44. The summed E-state index contributed by atoms with van der Waals surface area (Å²) in [6, 6.07) is 2.77. The zero-order valence-corrected chi connectivity index (χ0v) is 17.0. The molecular formula is C18H10BrF5N6O. The maximum Gasteiger partial charge on any atom is 0.276 e. The Bertz CT molecular complexity index is 1320. The molecule has 0 atom stereocenters. The van der Waals surface area contributed by atoms with Crippen molar-refractivity contribution in [2.45, 2.75) is 13.5 Å². The molecule has 0 radical (unpaired) electrons. The molecule has 1 aromatic carbocycles. The topological polar surface area (TPSA) is 77.1 Å². The number of nitrogens with one attached hydrogen (secondary N) is 1. The van der Waals surface area contributed by atoms with Crippen molar-refractivity contribution in [1.82, 2.24) is 24.4 Å². The SMILES string of the molecule is CCn1cc(Br)c(-c2ccnc3cc(C(=O)Nc4c(F)c(F)c(F)c(F)c4F)nn23)n1. The third-order valence-corrected chi connectivity index (χ3v) is 4.90. The van der Waals surface area contributed by atoms with Gasteiger partial charge >= 0.3 is 0 Å². The molecule has 4 rings (SSSR count). The van der Waals surface area contributed by atoms with Gasteiger partial charge in [0.2, 0.25) is 5.82 Å². The van der Waals surface area contributed by atoms with Crippen LogP contribution in [0, 0.1) is 29.1 Å². The molecule has 31 heavy (non-hydrogen) atoms. The summed E-state index contributed by atoms with van der Waals surface area (Å²) in [5.74, 6) is -12.2. The van der Waals surface area contributed by atoms with Crippen molar-refractivity contribution in [3.05, 3.63) is 63.8 Å². The van der Waals surface area contributed by atoms with Crippen LogP contribution < -0.4 is 5.32 Å². The summed E-state index contributed by atoms with van der Waals surface area (Å²) in [6.45, 7) is 2.49. The van der Waals surface area contributed by atoms with E-state index >= 15 is 0 Å². The highest BCUT2D eigenvalue weighted by molar-refractivity contribution is 9.10. The molecule has 7 nitrogen and oxygen atoms in total. The minimum Gasteiger partial charge on any atom is -0.315 e. The fraction of sp³-hybridized carbons (Fsp3) is 0.111. The Hall–Kier alpha value is -3.35. The van der Waals surface area contributed by atoms with E-state index in [1.54, 1.807) is 22.3 Å². The fourth-order valence-corrected chi connectivity index (χ4v) is 3.33. The lowest BCUT2D eigenvalue weighted by molar-refractivity contribution is 0.102. The van der Waals surface area contributed by atoms with Crippen LogP contribution >= 0.6 is 15.9 Å². The van der Waals surface area contributed by atoms with Crippen LogP contribution in [0.3, 0.4) is 0 Å². The number of hydrogen-bond donors (Lipinski definition) is 1. The number of benzene rings is 1. The van der Waals surface area contributed by atoms with Gasteiger partial charge in [-0.3, -0.25) is 9.48 Å². The van der Waals surface area contributed by atoms with Crippen molar-refractivity contribution >= 4 is 33.2 Å². The largest absolute Gasteiger partial charge is 0.315 e.